The molecule has 0 fully saturated rings. The Morgan fingerprint density at radius 3 is 2.05 bits per heavy atom. The van der Waals surface area contributed by atoms with E-state index in [0.29, 0.717) is 0 Å². The first-order chi connectivity index (χ1) is 9.04. The van der Waals surface area contributed by atoms with Crippen LogP contribution in [-0.4, -0.2) is 47.2 Å². The Morgan fingerprint density at radius 2 is 1.47 bits per heavy atom. The van der Waals surface area contributed by atoms with Gasteiger partial charge in [-0.25, -0.2) is 0 Å². The number of aryl methyl sites for hydroxylation is 1. The lowest BCUT2D eigenvalue weighted by Crippen LogP contribution is -2.35. The van der Waals surface area contributed by atoms with Crippen LogP contribution in [0.1, 0.15) is 25.7 Å². The Kier molecular flexibility index (Phi) is 4.53. The second-order valence-electron chi connectivity index (χ2n) is 6.21. The Morgan fingerprint density at radius 1 is 0.895 bits per heavy atom. The molecule has 2 aromatic rings. The highest BCUT2D eigenvalue weighted by molar-refractivity contribution is 5.72. The topological polar surface area (TPSA) is 30.7 Å². The van der Waals surface area contributed by atoms with Crippen molar-refractivity contribution in [1.82, 2.24) is 15.0 Å². The van der Waals surface area contributed by atoms with Crippen molar-refractivity contribution in [2.45, 2.75) is 32.2 Å². The zero-order valence-corrected chi connectivity index (χ0v) is 12.3. The molecule has 0 aliphatic heterocycles. The molecule has 0 saturated heterocycles. The van der Waals surface area contributed by atoms with Crippen LogP contribution < -0.4 is 0 Å². The molecule has 0 unspecified atom stereocenters. The van der Waals surface area contributed by atoms with Gasteiger partial charge in [0, 0.05) is 0 Å². The van der Waals surface area contributed by atoms with Crippen molar-refractivity contribution >= 4 is 11.0 Å². The monoisotopic (exact) mass is 261 g/mol. The predicted molar refractivity (Wildman–Crippen MR) is 78.9 cm³/mol. The van der Waals surface area contributed by atoms with Gasteiger partial charge in [0.1, 0.15) is 11.0 Å². The summed E-state index contributed by atoms with van der Waals surface area (Å²) in [7, 11) is 6.75. The van der Waals surface area contributed by atoms with Crippen LogP contribution in [0.5, 0.6) is 0 Å². The lowest BCUT2D eigenvalue weighted by Gasteiger charge is -2.23. The second-order valence-corrected chi connectivity index (χ2v) is 6.21. The molecule has 104 valence electrons. The van der Waals surface area contributed by atoms with Crippen molar-refractivity contribution in [3.8, 4) is 0 Å². The number of quaternary nitrogens is 1. The van der Waals surface area contributed by atoms with Gasteiger partial charge in [-0.15, -0.1) is 0 Å². The molecule has 0 atom stereocenters. The van der Waals surface area contributed by atoms with E-state index >= 15 is 0 Å². The van der Waals surface area contributed by atoms with Crippen molar-refractivity contribution in [3.63, 3.8) is 0 Å². The summed E-state index contributed by atoms with van der Waals surface area (Å²) in [6.45, 7) is 2.18. The highest BCUT2D eigenvalue weighted by Crippen LogP contribution is 2.09. The minimum atomic E-state index is 0.930. The van der Waals surface area contributed by atoms with Gasteiger partial charge < -0.3 is 4.48 Å². The number of hydrogen-bond acceptors (Lipinski definition) is 2. The van der Waals surface area contributed by atoms with E-state index in [0.717, 1.165) is 28.5 Å². The number of unbranched alkanes of at least 4 members (excludes halogenated alkanes) is 3. The van der Waals surface area contributed by atoms with Crippen LogP contribution >= 0.6 is 0 Å². The van der Waals surface area contributed by atoms with Gasteiger partial charge in [-0.3, -0.25) is 0 Å². The van der Waals surface area contributed by atoms with E-state index in [9.17, 15) is 0 Å². The van der Waals surface area contributed by atoms with E-state index in [1.165, 1.54) is 25.8 Å². The summed E-state index contributed by atoms with van der Waals surface area (Å²) in [4.78, 5) is 1.84. The van der Waals surface area contributed by atoms with Gasteiger partial charge in [0.15, 0.2) is 0 Å². The Balaban J connectivity index is 1.68. The van der Waals surface area contributed by atoms with Crippen LogP contribution in [0.2, 0.25) is 0 Å². The SMILES string of the molecule is C[N+](C)(C)CCCCCCn1nc2ccccc2n1. The summed E-state index contributed by atoms with van der Waals surface area (Å²) in [5.74, 6) is 0. The maximum Gasteiger partial charge on any atom is 0.113 e. The molecule has 0 radical (unpaired) electrons. The van der Waals surface area contributed by atoms with Gasteiger partial charge in [-0.05, 0) is 31.4 Å². The van der Waals surface area contributed by atoms with Crippen LogP contribution in [0.25, 0.3) is 11.0 Å². The van der Waals surface area contributed by atoms with Gasteiger partial charge in [-0.1, -0.05) is 18.6 Å². The molecule has 0 N–H and O–H groups in total. The first kappa shape index (κ1) is 14.0. The molecule has 4 nitrogen and oxygen atoms in total. The molecule has 0 spiro atoms. The molecule has 4 heteroatoms. The van der Waals surface area contributed by atoms with Gasteiger partial charge >= 0.3 is 0 Å². The highest BCUT2D eigenvalue weighted by atomic mass is 15.5. The van der Waals surface area contributed by atoms with Gasteiger partial charge in [0.05, 0.1) is 34.2 Å². The minimum absolute atomic E-state index is 0.930. The normalized spacial score (nSPS) is 12.2. The third kappa shape index (κ3) is 4.63. The average molecular weight is 261 g/mol. The van der Waals surface area contributed by atoms with Crippen molar-refractivity contribution in [3.05, 3.63) is 24.3 Å². The molecular weight excluding hydrogens is 236 g/mol. The molecule has 1 aromatic heterocycles. The number of benzene rings is 1. The van der Waals surface area contributed by atoms with E-state index in [4.69, 9.17) is 0 Å². The maximum absolute atomic E-state index is 4.47. The molecule has 19 heavy (non-hydrogen) atoms. The first-order valence-corrected chi connectivity index (χ1v) is 7.15. The zero-order valence-electron chi connectivity index (χ0n) is 12.3. The summed E-state index contributed by atoms with van der Waals surface area (Å²) in [5.41, 5.74) is 1.99. The quantitative estimate of drug-likeness (QED) is 0.567. The van der Waals surface area contributed by atoms with Crippen molar-refractivity contribution in [2.75, 3.05) is 27.7 Å². The third-order valence-corrected chi connectivity index (χ3v) is 3.27. The predicted octanol–water partition coefficient (Wildman–Crippen LogP) is 2.70. The van der Waals surface area contributed by atoms with Crippen molar-refractivity contribution < 1.29 is 4.48 Å². The van der Waals surface area contributed by atoms with E-state index in [2.05, 4.69) is 31.3 Å². The van der Waals surface area contributed by atoms with E-state index in [1.807, 2.05) is 29.1 Å². The van der Waals surface area contributed by atoms with E-state index in [-0.39, 0.29) is 0 Å². The average Bonchev–Trinajstić information content (AvgIpc) is 2.74. The largest absolute Gasteiger partial charge is 0.331 e. The number of hydrogen-bond donors (Lipinski definition) is 0. The highest BCUT2D eigenvalue weighted by Gasteiger charge is 2.05. The third-order valence-electron chi connectivity index (χ3n) is 3.27. The first-order valence-electron chi connectivity index (χ1n) is 7.15. The molecular formula is C15H25N4+. The summed E-state index contributed by atoms with van der Waals surface area (Å²) in [6.07, 6.45) is 5.03. The Bertz CT molecular complexity index is 477. The summed E-state index contributed by atoms with van der Waals surface area (Å²) in [6, 6.07) is 8.04. The molecule has 1 heterocycles. The summed E-state index contributed by atoms with van der Waals surface area (Å²) >= 11 is 0. The van der Waals surface area contributed by atoms with Gasteiger partial charge in [0.25, 0.3) is 0 Å². The summed E-state index contributed by atoms with van der Waals surface area (Å²) in [5, 5.41) is 8.94. The van der Waals surface area contributed by atoms with Crippen LogP contribution in [-0.2, 0) is 6.54 Å². The smallest absolute Gasteiger partial charge is 0.113 e. The van der Waals surface area contributed by atoms with Gasteiger partial charge in [0.2, 0.25) is 0 Å². The summed E-state index contributed by atoms with van der Waals surface area (Å²) < 4.78 is 1.06. The van der Waals surface area contributed by atoms with Crippen LogP contribution in [0.4, 0.5) is 0 Å². The molecule has 0 amide bonds. The number of rotatable bonds is 7. The fraction of sp³-hybridized carbons (Fsp3) is 0.600. The Labute approximate surface area is 115 Å². The molecule has 0 aliphatic carbocycles. The zero-order chi connectivity index (χ0) is 13.7. The standard InChI is InChI=1S/C15H25N4/c1-19(2,3)13-9-5-4-8-12-18-16-14-10-6-7-11-15(14)17-18/h6-7,10-11H,4-5,8-9,12-13H2,1-3H3/q+1. The molecule has 0 saturated carbocycles. The molecule has 0 aliphatic rings. The van der Waals surface area contributed by atoms with Crippen LogP contribution in [0, 0.1) is 0 Å². The van der Waals surface area contributed by atoms with E-state index in [1.54, 1.807) is 0 Å². The van der Waals surface area contributed by atoms with Crippen LogP contribution in [0.3, 0.4) is 0 Å². The second kappa shape index (κ2) is 6.15. The lowest BCUT2D eigenvalue weighted by atomic mass is 10.2. The fourth-order valence-corrected chi connectivity index (χ4v) is 2.20. The molecule has 2 rings (SSSR count). The molecule has 0 bridgehead atoms. The number of aromatic nitrogens is 3. The molecule has 1 aromatic carbocycles. The maximum atomic E-state index is 4.47. The number of nitrogens with zero attached hydrogens (tertiary/aromatic N) is 4. The van der Waals surface area contributed by atoms with Crippen LogP contribution in [0.15, 0.2) is 24.3 Å². The number of fused-ring (bicyclic) bond motifs is 1. The van der Waals surface area contributed by atoms with Crippen molar-refractivity contribution in [1.29, 1.82) is 0 Å². The van der Waals surface area contributed by atoms with Crippen molar-refractivity contribution in [2.24, 2.45) is 0 Å². The van der Waals surface area contributed by atoms with Gasteiger partial charge in [-0.2, -0.15) is 15.0 Å². The lowest BCUT2D eigenvalue weighted by molar-refractivity contribution is -0.870. The Hall–Kier alpha value is -1.42. The minimum Gasteiger partial charge on any atom is -0.331 e. The fourth-order valence-electron chi connectivity index (χ4n) is 2.20. The van der Waals surface area contributed by atoms with E-state index < -0.39 is 0 Å².